The third-order valence-electron chi connectivity index (χ3n) is 10.2. The van der Waals surface area contributed by atoms with Crippen molar-refractivity contribution in [3.8, 4) is 0 Å². The SMILES string of the molecule is CC/C=C\C/C=C\CCCCC(=O)OCC(COC(=O)CCCCCCCCC/C=C\C/C=C\CCCCC)OC(=O)CCCCC/C=C\CCCCCCCCC. The summed E-state index contributed by atoms with van der Waals surface area (Å²) >= 11 is 0. The van der Waals surface area contributed by atoms with Crippen LogP contribution in [0.2, 0.25) is 0 Å². The van der Waals surface area contributed by atoms with E-state index in [1.807, 2.05) is 0 Å². The van der Waals surface area contributed by atoms with Crippen molar-refractivity contribution in [2.24, 2.45) is 0 Å². The Balaban J connectivity index is 4.38. The number of carbonyl (C=O) groups excluding carboxylic acids is 3. The second kappa shape index (κ2) is 46.8. The van der Waals surface area contributed by atoms with Gasteiger partial charge in [-0.05, 0) is 103 Å². The zero-order valence-electron chi connectivity index (χ0n) is 38.0. The highest BCUT2D eigenvalue weighted by Crippen LogP contribution is 2.13. The van der Waals surface area contributed by atoms with Crippen LogP contribution in [-0.4, -0.2) is 37.2 Å². The molecule has 58 heavy (non-hydrogen) atoms. The minimum atomic E-state index is -0.795. The second-order valence-corrected chi connectivity index (χ2v) is 16.0. The van der Waals surface area contributed by atoms with E-state index < -0.39 is 6.10 Å². The van der Waals surface area contributed by atoms with Crippen LogP contribution in [0.25, 0.3) is 0 Å². The molecule has 334 valence electrons. The highest BCUT2D eigenvalue weighted by atomic mass is 16.6. The Morgan fingerprint density at radius 2 is 0.672 bits per heavy atom. The Hall–Kier alpha value is -2.89. The number of esters is 3. The molecule has 0 aliphatic rings. The molecule has 0 aromatic carbocycles. The van der Waals surface area contributed by atoms with E-state index in [0.717, 1.165) is 96.3 Å². The van der Waals surface area contributed by atoms with E-state index in [-0.39, 0.29) is 31.1 Å². The summed E-state index contributed by atoms with van der Waals surface area (Å²) in [5.41, 5.74) is 0. The lowest BCUT2D eigenvalue weighted by molar-refractivity contribution is -0.167. The molecule has 0 aliphatic carbocycles. The molecule has 0 amide bonds. The molecule has 0 aromatic rings. The van der Waals surface area contributed by atoms with Crippen molar-refractivity contribution in [2.75, 3.05) is 13.2 Å². The van der Waals surface area contributed by atoms with E-state index in [4.69, 9.17) is 14.2 Å². The summed E-state index contributed by atoms with van der Waals surface area (Å²) < 4.78 is 16.7. The second-order valence-electron chi connectivity index (χ2n) is 16.0. The maximum absolute atomic E-state index is 12.7. The molecule has 6 nitrogen and oxygen atoms in total. The number of rotatable bonds is 43. The number of hydrogen-bond acceptors (Lipinski definition) is 6. The third kappa shape index (κ3) is 44.2. The largest absolute Gasteiger partial charge is 0.462 e. The van der Waals surface area contributed by atoms with Gasteiger partial charge < -0.3 is 14.2 Å². The van der Waals surface area contributed by atoms with Gasteiger partial charge in [0.05, 0.1) is 0 Å². The van der Waals surface area contributed by atoms with Gasteiger partial charge in [-0.25, -0.2) is 0 Å². The van der Waals surface area contributed by atoms with Crippen molar-refractivity contribution in [2.45, 2.75) is 239 Å². The van der Waals surface area contributed by atoms with Crippen LogP contribution in [0.4, 0.5) is 0 Å². The lowest BCUT2D eigenvalue weighted by Gasteiger charge is -2.18. The van der Waals surface area contributed by atoms with Crippen LogP contribution in [0, 0.1) is 0 Å². The molecule has 0 saturated heterocycles. The highest BCUT2D eigenvalue weighted by Gasteiger charge is 2.19. The fourth-order valence-electron chi connectivity index (χ4n) is 6.56. The fraction of sp³-hybridized carbons (Fsp3) is 0.750. The summed E-state index contributed by atoms with van der Waals surface area (Å²) in [6.07, 6.45) is 56.4. The fourth-order valence-corrected chi connectivity index (χ4v) is 6.56. The summed E-state index contributed by atoms with van der Waals surface area (Å²) in [5.74, 6) is -0.957. The van der Waals surface area contributed by atoms with Crippen LogP contribution in [0.5, 0.6) is 0 Å². The van der Waals surface area contributed by atoms with E-state index in [9.17, 15) is 14.4 Å². The Morgan fingerprint density at radius 1 is 0.362 bits per heavy atom. The Kier molecular flexibility index (Phi) is 44.5. The average Bonchev–Trinajstić information content (AvgIpc) is 3.22. The quantitative estimate of drug-likeness (QED) is 0.0264. The number of ether oxygens (including phenoxy) is 3. The predicted molar refractivity (Wildman–Crippen MR) is 247 cm³/mol. The van der Waals surface area contributed by atoms with E-state index in [0.29, 0.717) is 19.3 Å². The first-order valence-electron chi connectivity index (χ1n) is 24.3. The normalized spacial score (nSPS) is 12.5. The van der Waals surface area contributed by atoms with Crippen molar-refractivity contribution < 1.29 is 28.6 Å². The zero-order chi connectivity index (χ0) is 42.3. The number of carbonyl (C=O) groups is 3. The molecule has 0 N–H and O–H groups in total. The topological polar surface area (TPSA) is 78.9 Å². The molecule has 0 saturated carbocycles. The van der Waals surface area contributed by atoms with Crippen molar-refractivity contribution in [3.05, 3.63) is 60.8 Å². The lowest BCUT2D eigenvalue weighted by Crippen LogP contribution is -2.30. The van der Waals surface area contributed by atoms with Crippen LogP contribution < -0.4 is 0 Å². The Morgan fingerprint density at radius 3 is 1.14 bits per heavy atom. The van der Waals surface area contributed by atoms with Gasteiger partial charge in [0.2, 0.25) is 0 Å². The summed E-state index contributed by atoms with van der Waals surface area (Å²) in [6, 6.07) is 0. The summed E-state index contributed by atoms with van der Waals surface area (Å²) in [4.78, 5) is 37.8. The number of unbranched alkanes of at least 4 members (excludes halogenated alkanes) is 22. The Bertz CT molecular complexity index is 1070. The van der Waals surface area contributed by atoms with Crippen LogP contribution >= 0.6 is 0 Å². The molecule has 0 rings (SSSR count). The summed E-state index contributed by atoms with van der Waals surface area (Å²) in [6.45, 7) is 6.43. The molecule has 0 bridgehead atoms. The summed E-state index contributed by atoms with van der Waals surface area (Å²) in [5, 5.41) is 0. The van der Waals surface area contributed by atoms with Gasteiger partial charge in [-0.3, -0.25) is 14.4 Å². The van der Waals surface area contributed by atoms with Crippen molar-refractivity contribution in [1.29, 1.82) is 0 Å². The molecule has 0 spiro atoms. The molecular formula is C52H90O6. The lowest BCUT2D eigenvalue weighted by atomic mass is 10.1. The van der Waals surface area contributed by atoms with Crippen LogP contribution in [0.15, 0.2) is 60.8 Å². The summed E-state index contributed by atoms with van der Waals surface area (Å²) in [7, 11) is 0. The van der Waals surface area contributed by atoms with Gasteiger partial charge in [0, 0.05) is 19.3 Å². The molecule has 1 atom stereocenters. The van der Waals surface area contributed by atoms with Crippen LogP contribution in [0.1, 0.15) is 233 Å². The van der Waals surface area contributed by atoms with Gasteiger partial charge in [0.25, 0.3) is 0 Å². The molecule has 0 aliphatic heterocycles. The number of allylic oxidation sites excluding steroid dienone is 10. The maximum atomic E-state index is 12.7. The molecule has 0 radical (unpaired) electrons. The van der Waals surface area contributed by atoms with Crippen LogP contribution in [0.3, 0.4) is 0 Å². The molecule has 6 heteroatoms. The molecular weight excluding hydrogens is 721 g/mol. The predicted octanol–water partition coefficient (Wildman–Crippen LogP) is 15.7. The Labute approximate surface area is 358 Å². The molecule has 0 aromatic heterocycles. The van der Waals surface area contributed by atoms with E-state index >= 15 is 0 Å². The first-order valence-corrected chi connectivity index (χ1v) is 24.3. The maximum Gasteiger partial charge on any atom is 0.306 e. The minimum absolute atomic E-state index is 0.0949. The number of hydrogen-bond donors (Lipinski definition) is 0. The van der Waals surface area contributed by atoms with E-state index in [2.05, 4.69) is 81.5 Å². The van der Waals surface area contributed by atoms with Crippen molar-refractivity contribution >= 4 is 17.9 Å². The molecule has 1 unspecified atom stereocenters. The molecule has 0 fully saturated rings. The van der Waals surface area contributed by atoms with Gasteiger partial charge >= 0.3 is 17.9 Å². The van der Waals surface area contributed by atoms with Crippen LogP contribution in [-0.2, 0) is 28.6 Å². The van der Waals surface area contributed by atoms with E-state index in [1.54, 1.807) is 0 Å². The average molecular weight is 811 g/mol. The van der Waals surface area contributed by atoms with Gasteiger partial charge in [0.1, 0.15) is 13.2 Å². The first kappa shape index (κ1) is 55.1. The van der Waals surface area contributed by atoms with E-state index in [1.165, 1.54) is 96.3 Å². The van der Waals surface area contributed by atoms with Crippen molar-refractivity contribution in [1.82, 2.24) is 0 Å². The molecule has 0 heterocycles. The standard InChI is InChI=1S/C52H90O6/c1-4-7-10-13-16-19-21-23-25-26-27-29-30-33-36-39-42-45-51(54)57-48-49(47-56-50(53)44-41-38-35-32-18-15-12-9-6-3)58-52(55)46-43-40-37-34-31-28-24-22-20-17-14-11-8-5-2/h9,12,16,18-19,23,25,28,31-32,49H,4-8,10-11,13-15,17,20-22,24,26-27,29-30,33-48H2,1-3H3/b12-9-,19-16-,25-23-,31-28-,32-18-. The van der Waals surface area contributed by atoms with Crippen molar-refractivity contribution in [3.63, 3.8) is 0 Å². The third-order valence-corrected chi connectivity index (χ3v) is 10.2. The minimum Gasteiger partial charge on any atom is -0.462 e. The van der Waals surface area contributed by atoms with Gasteiger partial charge in [0.15, 0.2) is 6.10 Å². The van der Waals surface area contributed by atoms with Gasteiger partial charge in [-0.2, -0.15) is 0 Å². The van der Waals surface area contributed by atoms with Gasteiger partial charge in [-0.1, -0.05) is 171 Å². The monoisotopic (exact) mass is 811 g/mol. The highest BCUT2D eigenvalue weighted by molar-refractivity contribution is 5.71. The smallest absolute Gasteiger partial charge is 0.306 e. The first-order chi connectivity index (χ1) is 28.5. The zero-order valence-corrected chi connectivity index (χ0v) is 38.0. The van der Waals surface area contributed by atoms with Gasteiger partial charge in [-0.15, -0.1) is 0 Å².